The van der Waals surface area contributed by atoms with Gasteiger partial charge in [-0.3, -0.25) is 9.59 Å². The Kier molecular flexibility index (Phi) is 3.11. The van der Waals surface area contributed by atoms with E-state index in [0.29, 0.717) is 12.6 Å². The van der Waals surface area contributed by atoms with E-state index in [4.69, 9.17) is 0 Å². The average molecular weight is 258 g/mol. The molecule has 1 amide bonds. The molecule has 0 atom stereocenters. The summed E-state index contributed by atoms with van der Waals surface area (Å²) in [6, 6.07) is 6.21. The lowest BCUT2D eigenvalue weighted by molar-refractivity contribution is -0.116. The number of Topliss-reactive ketones (excluding diaryl/α,β-unsaturated/α-hetero) is 1. The molecule has 4 nitrogen and oxygen atoms in total. The molecule has 19 heavy (non-hydrogen) atoms. The molecule has 0 aromatic heterocycles. The van der Waals surface area contributed by atoms with Crippen LogP contribution in [0.15, 0.2) is 18.2 Å². The number of ketones is 1. The molecular weight excluding hydrogens is 240 g/mol. The van der Waals surface area contributed by atoms with Crippen LogP contribution in [0.25, 0.3) is 0 Å². The number of carbonyl (C=O) groups is 2. The van der Waals surface area contributed by atoms with Crippen LogP contribution in [-0.4, -0.2) is 30.8 Å². The molecule has 2 aliphatic rings. The summed E-state index contributed by atoms with van der Waals surface area (Å²) in [6.07, 6.45) is 3.21. The van der Waals surface area contributed by atoms with E-state index < -0.39 is 0 Å². The summed E-state index contributed by atoms with van der Waals surface area (Å²) in [5.41, 5.74) is 2.81. The van der Waals surface area contributed by atoms with Gasteiger partial charge in [-0.1, -0.05) is 0 Å². The lowest BCUT2D eigenvalue weighted by atomic mass is 10.1. The van der Waals surface area contributed by atoms with Crippen LogP contribution in [0.2, 0.25) is 0 Å². The molecule has 1 aliphatic heterocycles. The van der Waals surface area contributed by atoms with Crippen LogP contribution in [0.1, 0.15) is 35.7 Å². The predicted octanol–water partition coefficient (Wildman–Crippen LogP) is 1.53. The Bertz CT molecular complexity index is 535. The second-order valence-corrected chi connectivity index (χ2v) is 5.34. The summed E-state index contributed by atoms with van der Waals surface area (Å²) in [4.78, 5) is 25.3. The summed E-state index contributed by atoms with van der Waals surface area (Å²) in [5, 5.41) is 3.24. The molecule has 0 unspecified atom stereocenters. The van der Waals surface area contributed by atoms with E-state index in [1.165, 1.54) is 12.8 Å². The minimum absolute atomic E-state index is 0.0632. The van der Waals surface area contributed by atoms with Crippen molar-refractivity contribution in [3.05, 3.63) is 29.3 Å². The summed E-state index contributed by atoms with van der Waals surface area (Å²) in [6.45, 7) is 2.72. The van der Waals surface area contributed by atoms with E-state index >= 15 is 0 Å². The molecule has 1 aromatic carbocycles. The smallest absolute Gasteiger partial charge is 0.223 e. The maximum Gasteiger partial charge on any atom is 0.223 e. The molecule has 1 heterocycles. The van der Waals surface area contributed by atoms with Gasteiger partial charge in [-0.05, 0) is 43.0 Å². The molecule has 100 valence electrons. The van der Waals surface area contributed by atoms with Crippen molar-refractivity contribution in [2.75, 3.05) is 18.0 Å². The third-order valence-corrected chi connectivity index (χ3v) is 3.81. The van der Waals surface area contributed by atoms with Crippen LogP contribution in [0.3, 0.4) is 0 Å². The zero-order valence-corrected chi connectivity index (χ0v) is 11.1. The fourth-order valence-corrected chi connectivity index (χ4v) is 2.53. The van der Waals surface area contributed by atoms with E-state index in [9.17, 15) is 9.59 Å². The molecule has 3 rings (SSSR count). The Morgan fingerprint density at radius 1 is 1.37 bits per heavy atom. The number of hydrogen-bond acceptors (Lipinski definition) is 3. The van der Waals surface area contributed by atoms with Gasteiger partial charge in [0.25, 0.3) is 0 Å². The third kappa shape index (κ3) is 2.54. The van der Waals surface area contributed by atoms with E-state index in [1.807, 2.05) is 18.2 Å². The number of nitrogens with zero attached hydrogens (tertiary/aromatic N) is 1. The van der Waals surface area contributed by atoms with Gasteiger partial charge in [0.2, 0.25) is 5.91 Å². The van der Waals surface area contributed by atoms with Crippen LogP contribution in [-0.2, 0) is 11.2 Å². The standard InChI is InChI=1S/C15H18N2O2/c1-10(18)17-7-6-11-8-12(2-5-14(11)17)15(19)9-16-13-3-4-13/h2,5,8,13,16H,3-4,6-7,9H2,1H3. The first-order chi connectivity index (χ1) is 9.15. The van der Waals surface area contributed by atoms with Crippen molar-refractivity contribution >= 4 is 17.4 Å². The van der Waals surface area contributed by atoms with Gasteiger partial charge >= 0.3 is 0 Å². The number of rotatable bonds is 4. The van der Waals surface area contributed by atoms with Gasteiger partial charge in [-0.25, -0.2) is 0 Å². The average Bonchev–Trinajstić information content (AvgIpc) is 3.12. The normalized spacial score (nSPS) is 17.4. The van der Waals surface area contributed by atoms with Crippen molar-refractivity contribution in [2.45, 2.75) is 32.2 Å². The quantitative estimate of drug-likeness (QED) is 0.833. The Morgan fingerprint density at radius 2 is 2.16 bits per heavy atom. The van der Waals surface area contributed by atoms with Gasteiger partial charge in [0.05, 0.1) is 6.54 Å². The predicted molar refractivity (Wildman–Crippen MR) is 73.5 cm³/mol. The Hall–Kier alpha value is -1.68. The van der Waals surface area contributed by atoms with Crippen molar-refractivity contribution in [3.63, 3.8) is 0 Å². The number of benzene rings is 1. The Labute approximate surface area is 112 Å². The highest BCUT2D eigenvalue weighted by atomic mass is 16.2. The van der Waals surface area contributed by atoms with Crippen molar-refractivity contribution in [1.29, 1.82) is 0 Å². The van der Waals surface area contributed by atoms with E-state index in [2.05, 4.69) is 5.32 Å². The summed E-state index contributed by atoms with van der Waals surface area (Å²) >= 11 is 0. The Morgan fingerprint density at radius 3 is 2.84 bits per heavy atom. The molecule has 1 N–H and O–H groups in total. The first kappa shape index (κ1) is 12.4. The number of anilines is 1. The van der Waals surface area contributed by atoms with Crippen LogP contribution in [0.4, 0.5) is 5.69 Å². The van der Waals surface area contributed by atoms with Gasteiger partial charge in [0.15, 0.2) is 5.78 Å². The van der Waals surface area contributed by atoms with E-state index in [-0.39, 0.29) is 11.7 Å². The fourth-order valence-electron chi connectivity index (χ4n) is 2.53. The molecule has 0 radical (unpaired) electrons. The minimum Gasteiger partial charge on any atom is -0.312 e. The van der Waals surface area contributed by atoms with Crippen LogP contribution in [0, 0.1) is 0 Å². The first-order valence-corrected chi connectivity index (χ1v) is 6.83. The van der Waals surface area contributed by atoms with Crippen LogP contribution >= 0.6 is 0 Å². The summed E-state index contributed by atoms with van der Waals surface area (Å²) in [5.74, 6) is 0.198. The maximum atomic E-state index is 12.0. The van der Waals surface area contributed by atoms with Gasteiger partial charge in [0.1, 0.15) is 0 Å². The second-order valence-electron chi connectivity index (χ2n) is 5.34. The lowest BCUT2D eigenvalue weighted by Crippen LogP contribution is -2.26. The zero-order valence-electron chi connectivity index (χ0n) is 11.1. The van der Waals surface area contributed by atoms with Crippen molar-refractivity contribution in [2.24, 2.45) is 0 Å². The maximum absolute atomic E-state index is 12.0. The zero-order chi connectivity index (χ0) is 13.4. The van der Waals surface area contributed by atoms with Gasteiger partial charge in [-0.2, -0.15) is 0 Å². The molecule has 1 fully saturated rings. The second kappa shape index (κ2) is 4.78. The minimum atomic E-state index is 0.0632. The lowest BCUT2D eigenvalue weighted by Gasteiger charge is -2.14. The summed E-state index contributed by atoms with van der Waals surface area (Å²) < 4.78 is 0. The van der Waals surface area contributed by atoms with Crippen molar-refractivity contribution in [1.82, 2.24) is 5.32 Å². The molecule has 0 bridgehead atoms. The highest BCUT2D eigenvalue weighted by molar-refractivity contribution is 6.00. The molecule has 4 heteroatoms. The highest BCUT2D eigenvalue weighted by Gasteiger charge is 2.24. The van der Waals surface area contributed by atoms with Gasteiger partial charge in [-0.15, -0.1) is 0 Å². The molecular formula is C15H18N2O2. The van der Waals surface area contributed by atoms with Gasteiger partial charge in [0, 0.05) is 30.8 Å². The van der Waals surface area contributed by atoms with E-state index in [1.54, 1.807) is 11.8 Å². The number of nitrogens with one attached hydrogen (secondary N) is 1. The summed E-state index contributed by atoms with van der Waals surface area (Å²) in [7, 11) is 0. The van der Waals surface area contributed by atoms with Crippen molar-refractivity contribution < 1.29 is 9.59 Å². The highest BCUT2D eigenvalue weighted by Crippen LogP contribution is 2.29. The SMILES string of the molecule is CC(=O)N1CCc2cc(C(=O)CNC3CC3)ccc21. The molecule has 1 aliphatic carbocycles. The first-order valence-electron chi connectivity index (χ1n) is 6.83. The molecule has 1 aromatic rings. The molecule has 1 saturated carbocycles. The van der Waals surface area contributed by atoms with Crippen LogP contribution in [0.5, 0.6) is 0 Å². The molecule has 0 saturated heterocycles. The third-order valence-electron chi connectivity index (χ3n) is 3.81. The number of carbonyl (C=O) groups excluding carboxylic acids is 2. The monoisotopic (exact) mass is 258 g/mol. The number of amides is 1. The van der Waals surface area contributed by atoms with Crippen molar-refractivity contribution in [3.8, 4) is 0 Å². The topological polar surface area (TPSA) is 49.4 Å². The van der Waals surface area contributed by atoms with Gasteiger partial charge < -0.3 is 10.2 Å². The molecule has 0 spiro atoms. The number of fused-ring (bicyclic) bond motifs is 1. The van der Waals surface area contributed by atoms with E-state index in [0.717, 1.165) is 29.8 Å². The largest absolute Gasteiger partial charge is 0.312 e. The Balaban J connectivity index is 1.74. The number of hydrogen-bond donors (Lipinski definition) is 1. The van der Waals surface area contributed by atoms with Crippen LogP contribution < -0.4 is 10.2 Å². The fraction of sp³-hybridized carbons (Fsp3) is 0.467.